The van der Waals surface area contributed by atoms with Crippen LogP contribution in [0.25, 0.3) is 0 Å². The molecule has 1 amide bonds. The van der Waals surface area contributed by atoms with Crippen LogP contribution in [0, 0.1) is 29.6 Å². The third kappa shape index (κ3) is 12.4. The molecule has 0 aromatic heterocycles. The molecule has 3 heterocycles. The summed E-state index contributed by atoms with van der Waals surface area (Å²) in [6, 6.07) is 6.78. The standard InChI is InChI=1S/C51H78N2O11/c1-12-37-25-31(2)24-32(3)26-44(60-10)47-45(61-11)28-35(6)51(58,64-47)48(55)49(56)53-23-14-13-18-41(53)50(57)63-46(33(4)19-22-42(37)54)34(5)27-36-20-21-40(52(7)8)43(29-36)62-39-17-15-16-38(30-39)59-9/h15-17,25,27,30,32-33,35-37,40-41,43-47,58H,12-14,18-24,26,28-29H2,1-11H3/b31-25+,34-27?. The Labute approximate surface area is 382 Å². The number of aliphatic hydroxyl groups is 1. The van der Waals surface area contributed by atoms with E-state index in [9.17, 15) is 24.3 Å². The maximum atomic E-state index is 14.6. The molecule has 1 aliphatic carbocycles. The van der Waals surface area contributed by atoms with E-state index in [0.717, 1.165) is 41.9 Å². The van der Waals surface area contributed by atoms with Crippen molar-refractivity contribution in [3.63, 3.8) is 0 Å². The van der Waals surface area contributed by atoms with Gasteiger partial charge in [-0.25, -0.2) is 4.79 Å². The molecule has 13 unspecified atom stereocenters. The van der Waals surface area contributed by atoms with Crippen molar-refractivity contribution in [2.45, 2.75) is 167 Å². The third-order valence-corrected chi connectivity index (χ3v) is 14.5. The van der Waals surface area contributed by atoms with Crippen LogP contribution in [0.4, 0.5) is 0 Å². The zero-order chi connectivity index (χ0) is 46.9. The highest BCUT2D eigenvalue weighted by Crippen LogP contribution is 2.40. The molecule has 3 aliphatic heterocycles. The van der Waals surface area contributed by atoms with Crippen LogP contribution in [0.1, 0.15) is 119 Å². The van der Waals surface area contributed by atoms with Gasteiger partial charge in [-0.2, -0.15) is 0 Å². The topological polar surface area (TPSA) is 150 Å². The first-order valence-electron chi connectivity index (χ1n) is 23.8. The predicted molar refractivity (Wildman–Crippen MR) is 245 cm³/mol. The molecule has 358 valence electrons. The average molecular weight is 895 g/mol. The van der Waals surface area contributed by atoms with Crippen LogP contribution in [0.2, 0.25) is 0 Å². The number of likely N-dealkylation sites (N-methyl/N-ethyl adjacent to an activating group) is 1. The van der Waals surface area contributed by atoms with Crippen LogP contribution in [-0.4, -0.2) is 129 Å². The number of nitrogens with zero attached hydrogens (tertiary/aromatic N) is 2. The molecule has 1 saturated carbocycles. The summed E-state index contributed by atoms with van der Waals surface area (Å²) in [7, 11) is 8.90. The van der Waals surface area contributed by atoms with Gasteiger partial charge in [0.05, 0.1) is 19.3 Å². The number of ether oxygens (including phenoxy) is 6. The SMILES string of the molecule is CCC1/C=C(\C)CC(C)CC(OC)C2OC(O)(C(=O)C(=O)N3CCCCC3C(=O)OC(C(C)=CC3CCC(N(C)C)C(Oc4cccc(OC)c4)C3)C(C)CCC1=O)C(C)CC2OC. The fourth-order valence-electron chi connectivity index (χ4n) is 10.7. The molecule has 1 aromatic rings. The Morgan fingerprint density at radius 1 is 0.938 bits per heavy atom. The zero-order valence-corrected chi connectivity index (χ0v) is 40.5. The number of cyclic esters (lactones) is 1. The van der Waals surface area contributed by atoms with Crippen LogP contribution < -0.4 is 9.47 Å². The first-order valence-corrected chi connectivity index (χ1v) is 23.8. The minimum absolute atomic E-state index is 0.0863. The second-order valence-corrected chi connectivity index (χ2v) is 19.6. The fourth-order valence-corrected chi connectivity index (χ4v) is 10.7. The van der Waals surface area contributed by atoms with Gasteiger partial charge in [-0.3, -0.25) is 14.4 Å². The Balaban J connectivity index is 1.49. The van der Waals surface area contributed by atoms with Gasteiger partial charge < -0.3 is 43.3 Å². The van der Waals surface area contributed by atoms with Gasteiger partial charge in [0.1, 0.15) is 41.6 Å². The molecule has 4 aliphatic rings. The van der Waals surface area contributed by atoms with E-state index in [0.29, 0.717) is 51.4 Å². The highest BCUT2D eigenvalue weighted by Gasteiger charge is 2.56. The lowest BCUT2D eigenvalue weighted by Gasteiger charge is -2.47. The maximum Gasteiger partial charge on any atom is 0.329 e. The molecule has 5 rings (SSSR count). The quantitative estimate of drug-likeness (QED) is 0.149. The number of Topliss-reactive ketones (excluding diaryl/α,β-unsaturated/α-hetero) is 2. The largest absolute Gasteiger partial charge is 0.497 e. The van der Waals surface area contributed by atoms with Crippen molar-refractivity contribution >= 4 is 23.4 Å². The van der Waals surface area contributed by atoms with Gasteiger partial charge in [-0.1, -0.05) is 51.5 Å². The predicted octanol–water partition coefficient (Wildman–Crippen LogP) is 7.51. The number of hydrogen-bond acceptors (Lipinski definition) is 12. The van der Waals surface area contributed by atoms with E-state index in [1.54, 1.807) is 28.3 Å². The maximum absolute atomic E-state index is 14.6. The number of carbonyl (C=O) groups is 4. The van der Waals surface area contributed by atoms with Crippen molar-refractivity contribution in [1.29, 1.82) is 0 Å². The molecule has 13 nitrogen and oxygen atoms in total. The molecular formula is C51H78N2O11. The van der Waals surface area contributed by atoms with Crippen molar-refractivity contribution < 1.29 is 52.7 Å². The minimum Gasteiger partial charge on any atom is -0.497 e. The van der Waals surface area contributed by atoms with Crippen LogP contribution in [0.3, 0.4) is 0 Å². The van der Waals surface area contributed by atoms with E-state index >= 15 is 0 Å². The van der Waals surface area contributed by atoms with Gasteiger partial charge in [0.2, 0.25) is 5.79 Å². The fraction of sp³-hybridized carbons (Fsp3) is 0.725. The molecule has 13 heteroatoms. The Kier molecular flexibility index (Phi) is 18.6. The molecule has 0 radical (unpaired) electrons. The van der Waals surface area contributed by atoms with E-state index in [2.05, 4.69) is 38.1 Å². The first-order chi connectivity index (χ1) is 30.4. The van der Waals surface area contributed by atoms with E-state index in [4.69, 9.17) is 28.4 Å². The van der Waals surface area contributed by atoms with Crippen LogP contribution >= 0.6 is 0 Å². The highest BCUT2D eigenvalue weighted by atomic mass is 16.7. The second kappa shape index (κ2) is 23.2. The number of methoxy groups -OCH3 is 3. The zero-order valence-electron chi connectivity index (χ0n) is 40.5. The van der Waals surface area contributed by atoms with E-state index in [1.807, 2.05) is 52.0 Å². The number of hydrogen-bond donors (Lipinski definition) is 1. The first kappa shape index (κ1) is 51.4. The molecule has 13 atom stereocenters. The lowest BCUT2D eigenvalue weighted by atomic mass is 9.81. The van der Waals surface area contributed by atoms with Gasteiger partial charge in [0.15, 0.2) is 0 Å². The Morgan fingerprint density at radius 3 is 2.31 bits per heavy atom. The number of benzene rings is 1. The molecule has 1 aromatic carbocycles. The summed E-state index contributed by atoms with van der Waals surface area (Å²) in [5.41, 5.74) is 1.95. The number of esters is 1. The summed E-state index contributed by atoms with van der Waals surface area (Å²) in [6.07, 6.45) is 8.51. The molecular weight excluding hydrogens is 817 g/mol. The molecule has 3 fully saturated rings. The summed E-state index contributed by atoms with van der Waals surface area (Å²) < 4.78 is 36.7. The molecule has 0 spiro atoms. The summed E-state index contributed by atoms with van der Waals surface area (Å²) >= 11 is 0. The van der Waals surface area contributed by atoms with Gasteiger partial charge in [-0.15, -0.1) is 0 Å². The number of ketones is 2. The number of fused-ring (bicyclic) bond motifs is 3. The summed E-state index contributed by atoms with van der Waals surface area (Å²) in [6.45, 7) is 12.0. The lowest BCUT2D eigenvalue weighted by molar-refractivity contribution is -0.302. The van der Waals surface area contributed by atoms with Gasteiger partial charge in [-0.05, 0) is 134 Å². The van der Waals surface area contributed by atoms with Crippen LogP contribution in [0.5, 0.6) is 11.5 Å². The Morgan fingerprint density at radius 2 is 1.64 bits per heavy atom. The summed E-state index contributed by atoms with van der Waals surface area (Å²) in [5.74, 6) is -4.67. The van der Waals surface area contributed by atoms with Crippen molar-refractivity contribution in [2.24, 2.45) is 29.6 Å². The lowest BCUT2D eigenvalue weighted by Crippen LogP contribution is -2.64. The van der Waals surface area contributed by atoms with Crippen LogP contribution in [-0.2, 0) is 38.1 Å². The Bertz CT molecular complexity index is 1810. The van der Waals surface area contributed by atoms with E-state index in [-0.39, 0.29) is 54.6 Å². The average Bonchev–Trinajstić information content (AvgIpc) is 3.28. The van der Waals surface area contributed by atoms with Gasteiger partial charge in [0.25, 0.3) is 11.7 Å². The van der Waals surface area contributed by atoms with Gasteiger partial charge >= 0.3 is 5.97 Å². The normalized spacial score (nSPS) is 36.6. The number of allylic oxidation sites excluding steroid dienone is 3. The third-order valence-electron chi connectivity index (χ3n) is 14.5. The number of amides is 1. The van der Waals surface area contributed by atoms with E-state index in [1.165, 1.54) is 4.90 Å². The molecule has 2 saturated heterocycles. The second-order valence-electron chi connectivity index (χ2n) is 19.6. The molecule has 1 N–H and O–H groups in total. The van der Waals surface area contributed by atoms with Crippen molar-refractivity contribution in [2.75, 3.05) is 42.0 Å². The number of rotatable bonds is 9. The van der Waals surface area contributed by atoms with Crippen molar-refractivity contribution in [1.82, 2.24) is 9.80 Å². The summed E-state index contributed by atoms with van der Waals surface area (Å²) in [4.78, 5) is 60.7. The van der Waals surface area contributed by atoms with Gasteiger partial charge in [0, 0.05) is 51.1 Å². The smallest absolute Gasteiger partial charge is 0.329 e. The molecule has 64 heavy (non-hydrogen) atoms. The summed E-state index contributed by atoms with van der Waals surface area (Å²) in [5, 5.41) is 12.1. The van der Waals surface area contributed by atoms with Crippen molar-refractivity contribution in [3.8, 4) is 11.5 Å². The number of carbonyl (C=O) groups excluding carboxylic acids is 4. The van der Waals surface area contributed by atoms with Crippen molar-refractivity contribution in [3.05, 3.63) is 47.6 Å². The minimum atomic E-state index is -2.47. The Hall–Kier alpha value is -3.62. The monoisotopic (exact) mass is 895 g/mol. The van der Waals surface area contributed by atoms with E-state index < -0.39 is 59.8 Å². The highest BCUT2D eigenvalue weighted by molar-refractivity contribution is 6.39. The van der Waals surface area contributed by atoms with Crippen LogP contribution in [0.15, 0.2) is 47.6 Å². The molecule has 2 bridgehead atoms. The number of piperidine rings is 1.